The van der Waals surface area contributed by atoms with Gasteiger partial charge in [-0.3, -0.25) is 0 Å². The summed E-state index contributed by atoms with van der Waals surface area (Å²) in [6.07, 6.45) is 4.02. The number of hydrogen-bond acceptors (Lipinski definition) is 5. The molecule has 6 nitrogen and oxygen atoms in total. The average molecular weight is 275 g/mol. The Morgan fingerprint density at radius 2 is 2.30 bits per heavy atom. The maximum atomic E-state index is 10.6. The van der Waals surface area contributed by atoms with Crippen LogP contribution >= 0.6 is 0 Å². The van der Waals surface area contributed by atoms with E-state index in [1.165, 1.54) is 12.3 Å². The summed E-state index contributed by atoms with van der Waals surface area (Å²) in [5.41, 5.74) is 0.632. The Bertz CT molecular complexity index is 604. The SMILES string of the molecule is COc1ccc(C=CC(=O)O)c(OCc2ccno2)c1. The first-order valence-electron chi connectivity index (χ1n) is 5.80. The predicted molar refractivity (Wildman–Crippen MR) is 70.5 cm³/mol. The molecule has 0 unspecified atom stereocenters. The van der Waals surface area contributed by atoms with Crippen molar-refractivity contribution in [2.45, 2.75) is 6.61 Å². The highest BCUT2D eigenvalue weighted by Crippen LogP contribution is 2.26. The van der Waals surface area contributed by atoms with Crippen molar-refractivity contribution in [1.29, 1.82) is 0 Å². The van der Waals surface area contributed by atoms with Crippen molar-refractivity contribution >= 4 is 12.0 Å². The molecule has 0 aliphatic heterocycles. The number of carboxylic acids is 1. The van der Waals surface area contributed by atoms with Gasteiger partial charge in [0.05, 0.1) is 13.3 Å². The number of ether oxygens (including phenoxy) is 2. The number of hydrogen-bond donors (Lipinski definition) is 1. The number of carboxylic acid groups (broad SMARTS) is 1. The summed E-state index contributed by atoms with van der Waals surface area (Å²) in [6, 6.07) is 6.81. The molecule has 1 N–H and O–H groups in total. The van der Waals surface area contributed by atoms with Gasteiger partial charge in [-0.25, -0.2) is 4.79 Å². The highest BCUT2D eigenvalue weighted by atomic mass is 16.5. The van der Waals surface area contributed by atoms with Crippen LogP contribution in [0.4, 0.5) is 0 Å². The second kappa shape index (κ2) is 6.42. The molecule has 0 saturated heterocycles. The van der Waals surface area contributed by atoms with E-state index in [9.17, 15) is 4.79 Å². The molecule has 20 heavy (non-hydrogen) atoms. The summed E-state index contributed by atoms with van der Waals surface area (Å²) in [5.74, 6) is 0.659. The molecule has 0 saturated carbocycles. The van der Waals surface area contributed by atoms with E-state index in [2.05, 4.69) is 5.16 Å². The molecule has 2 rings (SSSR count). The molecule has 0 amide bonds. The maximum absolute atomic E-state index is 10.6. The molecule has 2 aromatic rings. The van der Waals surface area contributed by atoms with E-state index in [0.29, 0.717) is 22.8 Å². The molecule has 6 heteroatoms. The minimum atomic E-state index is -1.03. The van der Waals surface area contributed by atoms with Gasteiger partial charge in [0.25, 0.3) is 0 Å². The Kier molecular flexibility index (Phi) is 4.39. The lowest BCUT2D eigenvalue weighted by Gasteiger charge is -2.09. The van der Waals surface area contributed by atoms with Crippen LogP contribution in [0.5, 0.6) is 11.5 Å². The van der Waals surface area contributed by atoms with Gasteiger partial charge in [0.1, 0.15) is 18.1 Å². The van der Waals surface area contributed by atoms with Gasteiger partial charge in [0.2, 0.25) is 0 Å². The number of carbonyl (C=O) groups is 1. The minimum Gasteiger partial charge on any atom is -0.497 e. The van der Waals surface area contributed by atoms with E-state index in [-0.39, 0.29) is 6.61 Å². The minimum absolute atomic E-state index is 0.196. The largest absolute Gasteiger partial charge is 0.497 e. The fourth-order valence-electron chi connectivity index (χ4n) is 1.53. The van der Waals surface area contributed by atoms with Gasteiger partial charge < -0.3 is 19.1 Å². The van der Waals surface area contributed by atoms with Gasteiger partial charge in [0.15, 0.2) is 5.76 Å². The first-order chi connectivity index (χ1) is 9.69. The van der Waals surface area contributed by atoms with Gasteiger partial charge in [-0.05, 0) is 18.2 Å². The van der Waals surface area contributed by atoms with E-state index in [1.54, 1.807) is 31.4 Å². The van der Waals surface area contributed by atoms with Crippen LogP contribution in [0, 0.1) is 0 Å². The van der Waals surface area contributed by atoms with Crippen molar-refractivity contribution < 1.29 is 23.9 Å². The molecule has 0 bridgehead atoms. The van der Waals surface area contributed by atoms with Crippen LogP contribution in [-0.2, 0) is 11.4 Å². The Balaban J connectivity index is 2.20. The Morgan fingerprint density at radius 1 is 1.45 bits per heavy atom. The van der Waals surface area contributed by atoms with E-state index < -0.39 is 5.97 Å². The van der Waals surface area contributed by atoms with Gasteiger partial charge >= 0.3 is 5.97 Å². The summed E-state index contributed by atoms with van der Waals surface area (Å²) >= 11 is 0. The Hall–Kier alpha value is -2.76. The normalized spacial score (nSPS) is 10.7. The second-order valence-electron chi connectivity index (χ2n) is 3.84. The van der Waals surface area contributed by atoms with Gasteiger partial charge in [-0.1, -0.05) is 5.16 Å². The molecule has 0 aliphatic rings. The highest BCUT2D eigenvalue weighted by Gasteiger charge is 2.06. The maximum Gasteiger partial charge on any atom is 0.328 e. The lowest BCUT2D eigenvalue weighted by molar-refractivity contribution is -0.131. The number of aromatic nitrogens is 1. The van der Waals surface area contributed by atoms with Crippen LogP contribution in [0.1, 0.15) is 11.3 Å². The molecular weight excluding hydrogens is 262 g/mol. The topological polar surface area (TPSA) is 81.8 Å². The fourth-order valence-corrected chi connectivity index (χ4v) is 1.53. The van der Waals surface area contributed by atoms with Crippen molar-refractivity contribution in [2.24, 2.45) is 0 Å². The van der Waals surface area contributed by atoms with E-state index in [0.717, 1.165) is 6.08 Å². The third-order valence-corrected chi connectivity index (χ3v) is 2.49. The molecule has 104 valence electrons. The van der Waals surface area contributed by atoms with Crippen LogP contribution in [0.2, 0.25) is 0 Å². The predicted octanol–water partition coefficient (Wildman–Crippen LogP) is 2.36. The summed E-state index contributed by atoms with van der Waals surface area (Å²) in [4.78, 5) is 10.6. The summed E-state index contributed by atoms with van der Waals surface area (Å²) in [6.45, 7) is 0.196. The summed E-state index contributed by atoms with van der Waals surface area (Å²) < 4.78 is 15.6. The van der Waals surface area contributed by atoms with Crippen molar-refractivity contribution in [3.63, 3.8) is 0 Å². The van der Waals surface area contributed by atoms with Crippen LogP contribution in [0.25, 0.3) is 6.08 Å². The van der Waals surface area contributed by atoms with Crippen LogP contribution in [0.15, 0.2) is 41.1 Å². The van der Waals surface area contributed by atoms with Crippen LogP contribution < -0.4 is 9.47 Å². The molecule has 0 atom stereocenters. The third kappa shape index (κ3) is 3.61. The van der Waals surface area contributed by atoms with Crippen molar-refractivity contribution in [3.05, 3.63) is 47.9 Å². The Labute approximate surface area is 115 Å². The third-order valence-electron chi connectivity index (χ3n) is 2.49. The Morgan fingerprint density at radius 3 is 2.95 bits per heavy atom. The molecule has 0 spiro atoms. The fraction of sp³-hybridized carbons (Fsp3) is 0.143. The first-order valence-corrected chi connectivity index (χ1v) is 5.80. The van der Waals surface area contributed by atoms with Crippen LogP contribution in [0.3, 0.4) is 0 Å². The van der Waals surface area contributed by atoms with Crippen LogP contribution in [-0.4, -0.2) is 23.3 Å². The summed E-state index contributed by atoms with van der Waals surface area (Å²) in [5, 5.41) is 12.2. The monoisotopic (exact) mass is 275 g/mol. The molecule has 0 fully saturated rings. The lowest BCUT2D eigenvalue weighted by atomic mass is 10.1. The standard InChI is InChI=1S/C14H13NO5/c1-18-11-4-2-10(3-5-14(16)17)13(8-11)19-9-12-6-7-15-20-12/h2-8H,9H2,1H3,(H,16,17). The number of nitrogens with zero attached hydrogens (tertiary/aromatic N) is 1. The number of rotatable bonds is 6. The molecule has 1 heterocycles. The van der Waals surface area contributed by atoms with Crippen molar-refractivity contribution in [2.75, 3.05) is 7.11 Å². The van der Waals surface area contributed by atoms with E-state index in [4.69, 9.17) is 19.1 Å². The zero-order valence-electron chi connectivity index (χ0n) is 10.8. The molecule has 0 radical (unpaired) electrons. The zero-order valence-corrected chi connectivity index (χ0v) is 10.8. The van der Waals surface area contributed by atoms with Crippen molar-refractivity contribution in [1.82, 2.24) is 5.16 Å². The highest BCUT2D eigenvalue weighted by molar-refractivity contribution is 5.86. The number of benzene rings is 1. The molecule has 1 aromatic heterocycles. The average Bonchev–Trinajstić information content (AvgIpc) is 2.96. The zero-order chi connectivity index (χ0) is 14.4. The molecule has 1 aromatic carbocycles. The van der Waals surface area contributed by atoms with Crippen molar-refractivity contribution in [3.8, 4) is 11.5 Å². The number of methoxy groups -OCH3 is 1. The smallest absolute Gasteiger partial charge is 0.328 e. The van der Waals surface area contributed by atoms with Gasteiger partial charge in [-0.2, -0.15) is 0 Å². The van der Waals surface area contributed by atoms with E-state index >= 15 is 0 Å². The quantitative estimate of drug-likeness (QED) is 0.815. The lowest BCUT2D eigenvalue weighted by Crippen LogP contribution is -1.97. The summed E-state index contributed by atoms with van der Waals surface area (Å²) in [7, 11) is 1.54. The molecular formula is C14H13NO5. The van der Waals surface area contributed by atoms with E-state index in [1.807, 2.05) is 0 Å². The molecule has 0 aliphatic carbocycles. The first kappa shape index (κ1) is 13.7. The second-order valence-corrected chi connectivity index (χ2v) is 3.84. The van der Waals surface area contributed by atoms with Gasteiger partial charge in [0, 0.05) is 23.8 Å². The number of aliphatic carboxylic acids is 1. The van der Waals surface area contributed by atoms with Gasteiger partial charge in [-0.15, -0.1) is 0 Å².